The fourth-order valence-electron chi connectivity index (χ4n) is 3.23. The topological polar surface area (TPSA) is 73.5 Å². The fraction of sp³-hybridized carbons (Fsp3) is 0.393. The summed E-state index contributed by atoms with van der Waals surface area (Å²) in [7, 11) is 0. The second-order valence-corrected chi connectivity index (χ2v) is 7.05. The molecule has 0 spiro atoms. The third-order valence-electron chi connectivity index (χ3n) is 4.71. The molecule has 2 amide bonds. The molecule has 0 atom stereocenters. The lowest BCUT2D eigenvalue weighted by Gasteiger charge is -2.34. The summed E-state index contributed by atoms with van der Waals surface area (Å²) < 4.78 is 14.1. The van der Waals surface area contributed by atoms with Crippen LogP contribution in [0.4, 0.5) is 4.39 Å². The van der Waals surface area contributed by atoms with Crippen molar-refractivity contribution in [3.63, 3.8) is 0 Å². The van der Waals surface area contributed by atoms with Crippen molar-refractivity contribution in [2.24, 2.45) is 0 Å². The fourth-order valence-corrected chi connectivity index (χ4v) is 3.23. The average Bonchev–Trinajstić information content (AvgIpc) is 3.34. The highest BCUT2D eigenvalue weighted by Crippen LogP contribution is 2.22. The Hall–Kier alpha value is -3.48. The molecule has 2 aromatic rings. The molecule has 0 saturated carbocycles. The number of benzene rings is 1. The number of carbonyl (C=O) groups excluding carboxylic acids is 3. The van der Waals surface area contributed by atoms with Crippen molar-refractivity contribution in [1.29, 1.82) is 0 Å². The van der Waals surface area contributed by atoms with Gasteiger partial charge >= 0.3 is 0 Å². The van der Waals surface area contributed by atoms with Gasteiger partial charge in [0.15, 0.2) is 0 Å². The molecule has 7 heteroatoms. The number of ketones is 1. The van der Waals surface area contributed by atoms with Gasteiger partial charge in [0.25, 0.3) is 17.6 Å². The molecular weight excluding hydrogens is 445 g/mol. The Morgan fingerprint density at radius 1 is 0.971 bits per heavy atom. The quantitative estimate of drug-likeness (QED) is 0.247. The maximum Gasteiger partial charge on any atom is 0.295 e. The summed E-state index contributed by atoms with van der Waals surface area (Å²) in [5, 5.41) is 0.111. The second-order valence-electron chi connectivity index (χ2n) is 7.05. The third-order valence-corrected chi connectivity index (χ3v) is 4.71. The first-order valence-corrected chi connectivity index (χ1v) is 12.2. The Balaban J connectivity index is 0.00000150. The molecule has 192 valence electrons. The van der Waals surface area contributed by atoms with Crippen LogP contribution >= 0.6 is 0 Å². The minimum atomic E-state index is -0.769. The van der Waals surface area contributed by atoms with Crippen LogP contribution in [0.5, 0.6) is 0 Å². The van der Waals surface area contributed by atoms with Gasteiger partial charge in [-0.25, -0.2) is 4.39 Å². The van der Waals surface area contributed by atoms with Crippen molar-refractivity contribution in [1.82, 2.24) is 14.8 Å². The minimum Gasteiger partial charge on any atom is -0.360 e. The van der Waals surface area contributed by atoms with E-state index in [0.717, 1.165) is 0 Å². The smallest absolute Gasteiger partial charge is 0.295 e. The number of rotatable bonds is 5. The van der Waals surface area contributed by atoms with E-state index in [0.29, 0.717) is 24.2 Å². The van der Waals surface area contributed by atoms with Crippen LogP contribution < -0.4 is 0 Å². The predicted molar refractivity (Wildman–Crippen MR) is 143 cm³/mol. The van der Waals surface area contributed by atoms with Crippen LogP contribution in [-0.4, -0.2) is 58.6 Å². The molecule has 2 heterocycles. The number of aromatic amines is 1. The lowest BCUT2D eigenvalue weighted by Crippen LogP contribution is -2.52. The van der Waals surface area contributed by atoms with Crippen molar-refractivity contribution < 1.29 is 18.8 Å². The van der Waals surface area contributed by atoms with Crippen LogP contribution in [0.1, 0.15) is 58.3 Å². The van der Waals surface area contributed by atoms with E-state index >= 15 is 0 Å². The number of Topliss-reactive ketones (excluding diaryl/α,β-unsaturated/α-hetero) is 1. The summed E-state index contributed by atoms with van der Waals surface area (Å²) in [5.41, 5.74) is 0.886. The van der Waals surface area contributed by atoms with Crippen LogP contribution in [0.3, 0.4) is 0 Å². The van der Waals surface area contributed by atoms with Gasteiger partial charge in [-0.2, -0.15) is 0 Å². The van der Waals surface area contributed by atoms with Gasteiger partial charge < -0.3 is 14.8 Å². The number of nitrogens with one attached hydrogen (secondary N) is 1. The van der Waals surface area contributed by atoms with E-state index in [2.05, 4.69) is 32.0 Å². The number of nitrogens with zero attached hydrogens (tertiary/aromatic N) is 2. The highest BCUT2D eigenvalue weighted by molar-refractivity contribution is 6.44. The van der Waals surface area contributed by atoms with E-state index in [4.69, 9.17) is 0 Å². The molecule has 1 aliphatic rings. The van der Waals surface area contributed by atoms with Gasteiger partial charge in [0.1, 0.15) is 5.82 Å². The molecule has 0 aliphatic carbocycles. The first-order valence-electron chi connectivity index (χ1n) is 12.2. The van der Waals surface area contributed by atoms with Crippen LogP contribution in [0.25, 0.3) is 10.9 Å². The van der Waals surface area contributed by atoms with Gasteiger partial charge in [0.05, 0.1) is 5.56 Å². The van der Waals surface area contributed by atoms with Gasteiger partial charge in [0, 0.05) is 48.9 Å². The summed E-state index contributed by atoms with van der Waals surface area (Å²) in [6.07, 6.45) is 7.14. The van der Waals surface area contributed by atoms with E-state index in [1.165, 1.54) is 41.8 Å². The zero-order chi connectivity index (χ0) is 27.0. The highest BCUT2D eigenvalue weighted by atomic mass is 19.1. The van der Waals surface area contributed by atoms with Gasteiger partial charge in [-0.3, -0.25) is 14.4 Å². The molecule has 1 aliphatic heterocycles. The van der Waals surface area contributed by atoms with Gasteiger partial charge in [-0.15, -0.1) is 0 Å². The molecule has 0 unspecified atom stereocenters. The zero-order valence-corrected chi connectivity index (χ0v) is 22.0. The largest absolute Gasteiger partial charge is 0.360 e. The Kier molecular flexibility index (Phi) is 15.3. The van der Waals surface area contributed by atoms with Gasteiger partial charge in [0.2, 0.25) is 0 Å². The summed E-state index contributed by atoms with van der Waals surface area (Å²) >= 11 is 0. The number of carbonyl (C=O) groups is 3. The second kappa shape index (κ2) is 17.0. The lowest BCUT2D eigenvalue weighted by atomic mass is 10.1. The number of fused-ring (bicyclic) bond motifs is 1. The minimum absolute atomic E-state index is 0.0134. The summed E-state index contributed by atoms with van der Waals surface area (Å²) in [4.78, 5) is 43.5. The molecule has 35 heavy (non-hydrogen) atoms. The molecular formula is C28H40FN3O3. The molecule has 1 N–H and O–H groups in total. The summed E-state index contributed by atoms with van der Waals surface area (Å²) in [6.45, 7) is 20.5. The van der Waals surface area contributed by atoms with E-state index in [1.807, 2.05) is 27.7 Å². The van der Waals surface area contributed by atoms with Crippen molar-refractivity contribution in [2.75, 3.05) is 26.2 Å². The number of aromatic nitrogens is 1. The number of piperazine rings is 1. The van der Waals surface area contributed by atoms with Crippen molar-refractivity contribution >= 4 is 28.5 Å². The van der Waals surface area contributed by atoms with E-state index in [1.54, 1.807) is 17.0 Å². The van der Waals surface area contributed by atoms with Crippen LogP contribution in [0.2, 0.25) is 0 Å². The Morgan fingerprint density at radius 3 is 1.97 bits per heavy atom. The molecule has 0 radical (unpaired) electrons. The van der Waals surface area contributed by atoms with Crippen LogP contribution in [0, 0.1) is 5.82 Å². The van der Waals surface area contributed by atoms with Gasteiger partial charge in [-0.05, 0) is 12.1 Å². The van der Waals surface area contributed by atoms with E-state index in [-0.39, 0.29) is 29.9 Å². The number of amides is 2. The maximum atomic E-state index is 14.1. The summed E-state index contributed by atoms with van der Waals surface area (Å²) in [6, 6.07) is 4.41. The molecule has 3 rings (SSSR count). The van der Waals surface area contributed by atoms with Gasteiger partial charge in [-0.1, -0.05) is 85.4 Å². The van der Waals surface area contributed by atoms with E-state index in [9.17, 15) is 18.8 Å². The first-order chi connectivity index (χ1) is 16.9. The predicted octanol–water partition coefficient (Wildman–Crippen LogP) is 5.93. The molecule has 1 aromatic heterocycles. The first kappa shape index (κ1) is 31.5. The number of hydrogen-bond acceptors (Lipinski definition) is 3. The number of halogens is 1. The molecule has 6 nitrogen and oxygen atoms in total. The Bertz CT molecular complexity index is 1020. The molecule has 1 aromatic carbocycles. The third kappa shape index (κ3) is 8.35. The number of allylic oxidation sites excluding steroid dienone is 2. The van der Waals surface area contributed by atoms with E-state index < -0.39 is 17.5 Å². The zero-order valence-electron chi connectivity index (χ0n) is 22.0. The Labute approximate surface area is 209 Å². The maximum absolute atomic E-state index is 14.1. The van der Waals surface area contributed by atoms with Crippen molar-refractivity contribution in [2.45, 2.75) is 48.0 Å². The highest BCUT2D eigenvalue weighted by Gasteiger charge is 2.30. The van der Waals surface area contributed by atoms with Crippen LogP contribution in [-0.2, 0) is 9.59 Å². The Morgan fingerprint density at radius 2 is 1.49 bits per heavy atom. The SMILES string of the molecule is C=C/C=C(\C=C)C(=O)N1CCN(C(=O)C(=O)c2c[nH]c3cccc(F)c23)CC1.CC.CC.CCC. The normalized spacial score (nSPS) is 12.7. The van der Waals surface area contributed by atoms with Crippen LogP contribution in [0.15, 0.2) is 61.4 Å². The lowest BCUT2D eigenvalue weighted by molar-refractivity contribution is -0.134. The van der Waals surface area contributed by atoms with Crippen molar-refractivity contribution in [3.8, 4) is 0 Å². The molecule has 0 bridgehead atoms. The monoisotopic (exact) mass is 485 g/mol. The summed E-state index contributed by atoms with van der Waals surface area (Å²) in [5.74, 6) is -2.24. The standard InChI is InChI=1S/C21H20FN3O3.C3H8.2C2H6/c1-3-6-14(4-2)20(27)24-9-11-25(12-10-24)21(28)19(26)15-13-23-17-8-5-7-16(22)18(15)17;1-3-2;2*1-2/h3-8,13,23H,1-2,9-12H2;3H2,1-2H3;2*1-2H3/b14-6+;;;. The molecule has 1 fully saturated rings. The number of H-pyrrole nitrogens is 1. The molecule has 1 saturated heterocycles. The number of hydrogen-bond donors (Lipinski definition) is 1. The average molecular weight is 486 g/mol. The van der Waals surface area contributed by atoms with Crippen molar-refractivity contribution in [3.05, 3.63) is 72.7 Å².